The van der Waals surface area contributed by atoms with Crippen LogP contribution < -0.4 is 15.5 Å². The van der Waals surface area contributed by atoms with Crippen molar-refractivity contribution >= 4 is 35.4 Å². The number of aryl methyl sites for hydroxylation is 1. The normalized spacial score (nSPS) is 11.5. The second kappa shape index (κ2) is 10.6. The summed E-state index contributed by atoms with van der Waals surface area (Å²) in [6.07, 6.45) is -3.44. The first kappa shape index (κ1) is 24.9. The van der Waals surface area contributed by atoms with Gasteiger partial charge < -0.3 is 10.1 Å². The fourth-order valence-corrected chi connectivity index (χ4v) is 3.24. The van der Waals surface area contributed by atoms with E-state index >= 15 is 0 Å². The average molecular weight is 517 g/mol. The molecule has 4 rings (SSSR count). The van der Waals surface area contributed by atoms with Crippen molar-refractivity contribution in [2.24, 2.45) is 5.10 Å². The van der Waals surface area contributed by atoms with E-state index in [1.807, 2.05) is 31.2 Å². The van der Waals surface area contributed by atoms with E-state index in [0.29, 0.717) is 11.3 Å². The molecule has 0 saturated carbocycles. The van der Waals surface area contributed by atoms with Gasteiger partial charge in [0.15, 0.2) is 5.82 Å². The Morgan fingerprint density at radius 1 is 0.917 bits per heavy atom. The minimum Gasteiger partial charge on any atom is -0.406 e. The first-order valence-corrected chi connectivity index (χ1v) is 10.7. The Bertz CT molecular complexity index is 1360. The topological polar surface area (TPSA) is 84.3 Å². The number of hydrogen-bond donors (Lipinski definition) is 2. The quantitative estimate of drug-likeness (QED) is 0.161. The third-order valence-electron chi connectivity index (χ3n) is 4.62. The van der Waals surface area contributed by atoms with Crippen LogP contribution in [-0.4, -0.2) is 27.5 Å². The molecule has 0 saturated heterocycles. The molecule has 0 aliphatic rings. The molecule has 0 unspecified atom stereocenters. The highest BCUT2D eigenvalue weighted by Gasteiger charge is 2.30. The molecule has 36 heavy (non-hydrogen) atoms. The lowest BCUT2D eigenvalue weighted by Gasteiger charge is -2.10. The minimum absolute atomic E-state index is 0.0131. The van der Waals surface area contributed by atoms with Gasteiger partial charge in [-0.3, -0.25) is 0 Å². The maximum absolute atomic E-state index is 14.5. The van der Waals surface area contributed by atoms with Crippen molar-refractivity contribution in [3.63, 3.8) is 0 Å². The Labute approximate surface area is 207 Å². The number of nitrogens with one attached hydrogen (secondary N) is 2. The lowest BCUT2D eigenvalue weighted by molar-refractivity contribution is -0.274. The molecule has 0 bridgehead atoms. The van der Waals surface area contributed by atoms with E-state index in [2.05, 4.69) is 35.5 Å². The second-order valence-corrected chi connectivity index (χ2v) is 7.79. The summed E-state index contributed by atoms with van der Waals surface area (Å²) >= 11 is 6.19. The lowest BCUT2D eigenvalue weighted by Crippen LogP contribution is -2.17. The van der Waals surface area contributed by atoms with E-state index in [0.717, 1.165) is 17.7 Å². The van der Waals surface area contributed by atoms with E-state index < -0.39 is 12.2 Å². The van der Waals surface area contributed by atoms with E-state index in [1.165, 1.54) is 36.5 Å². The third-order valence-corrected chi connectivity index (χ3v) is 4.94. The first-order valence-electron chi connectivity index (χ1n) is 10.4. The number of halogens is 5. The maximum Gasteiger partial charge on any atom is 0.573 e. The van der Waals surface area contributed by atoms with Gasteiger partial charge >= 0.3 is 6.36 Å². The van der Waals surface area contributed by atoms with Crippen molar-refractivity contribution < 1.29 is 22.3 Å². The molecule has 4 aromatic rings. The van der Waals surface area contributed by atoms with Gasteiger partial charge in [-0.05, 0) is 61.0 Å². The highest BCUT2D eigenvalue weighted by molar-refractivity contribution is 6.33. The molecule has 0 spiro atoms. The zero-order chi connectivity index (χ0) is 25.7. The summed E-state index contributed by atoms with van der Waals surface area (Å²) in [6.45, 7) is 1.95. The Balaban J connectivity index is 1.60. The van der Waals surface area contributed by atoms with Crippen LogP contribution in [0.1, 0.15) is 11.1 Å². The second-order valence-electron chi connectivity index (χ2n) is 7.38. The van der Waals surface area contributed by atoms with Crippen LogP contribution in [0.3, 0.4) is 0 Å². The van der Waals surface area contributed by atoms with Gasteiger partial charge in [0.2, 0.25) is 11.9 Å². The number of alkyl halides is 3. The number of anilines is 3. The third kappa shape index (κ3) is 6.66. The predicted octanol–water partition coefficient (Wildman–Crippen LogP) is 6.73. The molecule has 1 aromatic heterocycles. The van der Waals surface area contributed by atoms with Gasteiger partial charge in [0.25, 0.3) is 0 Å². The van der Waals surface area contributed by atoms with Crippen LogP contribution >= 0.6 is 11.6 Å². The molecule has 0 atom stereocenters. The summed E-state index contributed by atoms with van der Waals surface area (Å²) < 4.78 is 55.3. The fraction of sp³-hybridized carbons (Fsp3) is 0.0833. The highest BCUT2D eigenvalue weighted by atomic mass is 35.5. The molecule has 7 nitrogen and oxygen atoms in total. The number of rotatable bonds is 7. The van der Waals surface area contributed by atoms with E-state index in [4.69, 9.17) is 11.6 Å². The van der Waals surface area contributed by atoms with E-state index in [1.54, 1.807) is 0 Å². The number of hydrazone groups is 1. The summed E-state index contributed by atoms with van der Waals surface area (Å²) in [6, 6.07) is 16.7. The van der Waals surface area contributed by atoms with Crippen LogP contribution in [0.5, 0.6) is 5.75 Å². The number of hydrogen-bond acceptors (Lipinski definition) is 7. The molecule has 1 heterocycles. The van der Waals surface area contributed by atoms with Crippen LogP contribution in [0, 0.1) is 12.7 Å². The van der Waals surface area contributed by atoms with Crippen molar-refractivity contribution in [1.82, 2.24) is 15.0 Å². The smallest absolute Gasteiger partial charge is 0.406 e. The number of nitrogens with zero attached hydrogens (tertiary/aromatic N) is 4. The van der Waals surface area contributed by atoms with Crippen molar-refractivity contribution in [1.29, 1.82) is 0 Å². The van der Waals surface area contributed by atoms with Gasteiger partial charge in [-0.2, -0.15) is 20.1 Å². The number of benzene rings is 3. The number of ether oxygens (including phenoxy) is 1. The standard InChI is InChI=1S/C24H17ClF4N6O/c1-14-5-9-16(10-6-14)31-22-32-21(20-18(25)3-2-4-19(20)26)33-23(34-22)35-30-13-15-7-11-17(12-8-15)36-24(27,28)29/h2-13H,1H3,(H2,31,32,33,34,35)/b30-13+. The summed E-state index contributed by atoms with van der Waals surface area (Å²) in [4.78, 5) is 12.8. The lowest BCUT2D eigenvalue weighted by atomic mass is 10.2. The van der Waals surface area contributed by atoms with Crippen molar-refractivity contribution in [2.75, 3.05) is 10.7 Å². The van der Waals surface area contributed by atoms with Crippen LogP contribution in [0.4, 0.5) is 35.1 Å². The van der Waals surface area contributed by atoms with Gasteiger partial charge in [0.05, 0.1) is 16.8 Å². The molecule has 0 aliphatic heterocycles. The first-order chi connectivity index (χ1) is 17.2. The van der Waals surface area contributed by atoms with Gasteiger partial charge in [0, 0.05) is 5.69 Å². The SMILES string of the molecule is Cc1ccc(Nc2nc(N/N=C/c3ccc(OC(F)(F)F)cc3)nc(-c3c(F)cccc3Cl)n2)cc1. The summed E-state index contributed by atoms with van der Waals surface area (Å²) in [7, 11) is 0. The van der Waals surface area contributed by atoms with Gasteiger partial charge in [0.1, 0.15) is 11.6 Å². The largest absolute Gasteiger partial charge is 0.573 e. The predicted molar refractivity (Wildman–Crippen MR) is 129 cm³/mol. The molecule has 3 aromatic carbocycles. The molecule has 12 heteroatoms. The van der Waals surface area contributed by atoms with Crippen molar-refractivity contribution in [3.05, 3.63) is 88.7 Å². The Morgan fingerprint density at radius 3 is 2.28 bits per heavy atom. The van der Waals surface area contributed by atoms with E-state index in [-0.39, 0.29) is 34.1 Å². The Morgan fingerprint density at radius 2 is 1.61 bits per heavy atom. The van der Waals surface area contributed by atoms with Crippen molar-refractivity contribution in [2.45, 2.75) is 13.3 Å². The number of aromatic nitrogens is 3. The summed E-state index contributed by atoms with van der Waals surface area (Å²) in [5, 5.41) is 7.15. The van der Waals surface area contributed by atoms with E-state index in [9.17, 15) is 17.6 Å². The highest BCUT2D eigenvalue weighted by Crippen LogP contribution is 2.29. The molecular weight excluding hydrogens is 500 g/mol. The zero-order valence-electron chi connectivity index (χ0n) is 18.5. The molecule has 0 amide bonds. The van der Waals surface area contributed by atoms with Crippen LogP contribution in [0.25, 0.3) is 11.4 Å². The molecule has 2 N–H and O–H groups in total. The molecule has 0 aliphatic carbocycles. The van der Waals surface area contributed by atoms with Crippen LogP contribution in [0.15, 0.2) is 71.8 Å². The molecule has 0 radical (unpaired) electrons. The molecule has 184 valence electrons. The van der Waals surface area contributed by atoms with Crippen LogP contribution in [0.2, 0.25) is 5.02 Å². The monoisotopic (exact) mass is 516 g/mol. The zero-order valence-corrected chi connectivity index (χ0v) is 19.3. The maximum atomic E-state index is 14.5. The Hall–Kier alpha value is -4.25. The Kier molecular flexibility index (Phi) is 7.30. The molecule has 0 fully saturated rings. The van der Waals surface area contributed by atoms with Crippen LogP contribution in [-0.2, 0) is 0 Å². The van der Waals surface area contributed by atoms with Crippen molar-refractivity contribution in [3.8, 4) is 17.1 Å². The van der Waals surface area contributed by atoms with Gasteiger partial charge in [-0.1, -0.05) is 35.4 Å². The van der Waals surface area contributed by atoms with Gasteiger partial charge in [-0.25, -0.2) is 9.82 Å². The minimum atomic E-state index is -4.78. The van der Waals surface area contributed by atoms with Gasteiger partial charge in [-0.15, -0.1) is 13.2 Å². The summed E-state index contributed by atoms with van der Waals surface area (Å²) in [5.41, 5.74) is 4.83. The summed E-state index contributed by atoms with van der Waals surface area (Å²) in [5.74, 6) is -0.931. The molecular formula is C24H17ClF4N6O. The average Bonchev–Trinajstić information content (AvgIpc) is 2.81. The fourth-order valence-electron chi connectivity index (χ4n) is 2.99.